The van der Waals surface area contributed by atoms with Gasteiger partial charge in [0, 0.05) is 24.2 Å². The van der Waals surface area contributed by atoms with E-state index in [0.717, 1.165) is 0 Å². The molecule has 0 amide bonds. The van der Waals surface area contributed by atoms with Crippen LogP contribution in [-0.4, -0.2) is 33.5 Å². The molecule has 4 heteroatoms. The summed E-state index contributed by atoms with van der Waals surface area (Å²) in [6.45, 7) is 23.3. The molecule has 0 aromatic heterocycles. The minimum Gasteiger partial charge on any atom is -0.326 e. The van der Waals surface area contributed by atoms with Gasteiger partial charge >= 0.3 is 0 Å². The standard InChI is InChI=1S/C22H41N2OP/c1-16(2)22-13-11-21(12-14-22)15-25-26(23(17(3)4)18(5)6)24(19(7)8)20(9)10/h11-14,16-20H,15H2,1-10H3. The third-order valence-electron chi connectivity index (χ3n) is 4.50. The third-order valence-corrected chi connectivity index (χ3v) is 7.50. The molecule has 0 radical (unpaired) electrons. The Balaban J connectivity index is 3.04. The van der Waals surface area contributed by atoms with Gasteiger partial charge in [0.2, 0.25) is 0 Å². The summed E-state index contributed by atoms with van der Waals surface area (Å²) in [5.74, 6) is 0.567. The maximum Gasteiger partial charge on any atom is 0.189 e. The smallest absolute Gasteiger partial charge is 0.189 e. The van der Waals surface area contributed by atoms with Crippen LogP contribution in [0, 0.1) is 0 Å². The predicted molar refractivity (Wildman–Crippen MR) is 116 cm³/mol. The lowest BCUT2D eigenvalue weighted by atomic mass is 10.0. The van der Waals surface area contributed by atoms with Gasteiger partial charge < -0.3 is 4.52 Å². The Hall–Kier alpha value is -0.470. The highest BCUT2D eigenvalue weighted by molar-refractivity contribution is 7.47. The van der Waals surface area contributed by atoms with Crippen LogP contribution in [0.4, 0.5) is 0 Å². The highest BCUT2D eigenvalue weighted by Crippen LogP contribution is 2.51. The lowest BCUT2D eigenvalue weighted by Crippen LogP contribution is -2.43. The summed E-state index contributed by atoms with van der Waals surface area (Å²) in [6, 6.07) is 10.7. The molecule has 26 heavy (non-hydrogen) atoms. The van der Waals surface area contributed by atoms with Crippen LogP contribution in [0.15, 0.2) is 24.3 Å². The molecule has 0 unspecified atom stereocenters. The summed E-state index contributed by atoms with van der Waals surface area (Å²) in [5.41, 5.74) is 2.63. The molecule has 0 spiro atoms. The average Bonchev–Trinajstić information content (AvgIpc) is 2.51. The molecule has 0 aliphatic carbocycles. The molecule has 0 bridgehead atoms. The second-order valence-electron chi connectivity index (χ2n) is 8.56. The van der Waals surface area contributed by atoms with Crippen LogP contribution in [0.25, 0.3) is 0 Å². The number of hydrogen-bond donors (Lipinski definition) is 0. The fraction of sp³-hybridized carbons (Fsp3) is 0.727. The quantitative estimate of drug-likeness (QED) is 0.416. The first kappa shape index (κ1) is 23.6. The van der Waals surface area contributed by atoms with E-state index in [0.29, 0.717) is 36.7 Å². The van der Waals surface area contributed by atoms with Gasteiger partial charge in [-0.2, -0.15) is 0 Å². The van der Waals surface area contributed by atoms with Crippen LogP contribution in [0.3, 0.4) is 0 Å². The van der Waals surface area contributed by atoms with Crippen molar-refractivity contribution < 1.29 is 4.52 Å². The van der Waals surface area contributed by atoms with Crippen LogP contribution in [0.1, 0.15) is 86.3 Å². The number of nitrogens with zero attached hydrogens (tertiary/aromatic N) is 2. The van der Waals surface area contributed by atoms with Gasteiger partial charge in [-0.3, -0.25) is 0 Å². The van der Waals surface area contributed by atoms with Crippen molar-refractivity contribution in [3.63, 3.8) is 0 Å². The van der Waals surface area contributed by atoms with E-state index in [1.807, 2.05) is 0 Å². The first-order valence-electron chi connectivity index (χ1n) is 10.1. The van der Waals surface area contributed by atoms with E-state index in [4.69, 9.17) is 4.52 Å². The van der Waals surface area contributed by atoms with Crippen molar-refractivity contribution in [1.82, 2.24) is 9.34 Å². The summed E-state index contributed by atoms with van der Waals surface area (Å²) >= 11 is 0. The van der Waals surface area contributed by atoms with Gasteiger partial charge in [-0.05, 0) is 72.4 Å². The van der Waals surface area contributed by atoms with Crippen molar-refractivity contribution >= 4 is 8.45 Å². The SMILES string of the molecule is CC(C)c1ccc(COP(N(C(C)C)C(C)C)N(C(C)C)C(C)C)cc1. The van der Waals surface area contributed by atoms with Gasteiger partial charge in [0.15, 0.2) is 8.45 Å². The zero-order valence-electron chi connectivity index (χ0n) is 18.7. The fourth-order valence-corrected chi connectivity index (χ4v) is 5.72. The van der Waals surface area contributed by atoms with E-state index in [9.17, 15) is 0 Å². The lowest BCUT2D eigenvalue weighted by molar-refractivity contribution is 0.182. The highest BCUT2D eigenvalue weighted by Gasteiger charge is 2.34. The monoisotopic (exact) mass is 380 g/mol. The summed E-state index contributed by atoms with van der Waals surface area (Å²) in [7, 11) is -0.822. The van der Waals surface area contributed by atoms with Crippen molar-refractivity contribution in [2.24, 2.45) is 0 Å². The van der Waals surface area contributed by atoms with Gasteiger partial charge in [-0.1, -0.05) is 38.1 Å². The first-order chi connectivity index (χ1) is 12.1. The summed E-state index contributed by atoms with van der Waals surface area (Å²) in [5, 5.41) is 0. The molecule has 0 heterocycles. The maximum absolute atomic E-state index is 6.61. The van der Waals surface area contributed by atoms with E-state index in [1.54, 1.807) is 0 Å². The van der Waals surface area contributed by atoms with Crippen molar-refractivity contribution in [1.29, 1.82) is 0 Å². The molecule has 0 N–H and O–H groups in total. The molecule has 0 atom stereocenters. The number of benzene rings is 1. The fourth-order valence-electron chi connectivity index (χ4n) is 3.37. The summed E-state index contributed by atoms with van der Waals surface area (Å²) < 4.78 is 11.7. The molecule has 0 saturated carbocycles. The van der Waals surface area contributed by atoms with E-state index in [2.05, 4.69) is 103 Å². The van der Waals surface area contributed by atoms with Crippen molar-refractivity contribution in [3.05, 3.63) is 35.4 Å². The third kappa shape index (κ3) is 6.60. The molecule has 1 rings (SSSR count). The Morgan fingerprint density at radius 2 is 1.08 bits per heavy atom. The van der Waals surface area contributed by atoms with Gasteiger partial charge in [0.1, 0.15) is 0 Å². The highest BCUT2D eigenvalue weighted by atomic mass is 31.2. The molecular weight excluding hydrogens is 339 g/mol. The molecule has 0 aliphatic heterocycles. The second-order valence-corrected chi connectivity index (χ2v) is 10.2. The lowest BCUT2D eigenvalue weighted by Gasteiger charge is -2.45. The molecule has 1 aromatic carbocycles. The maximum atomic E-state index is 6.61. The van der Waals surface area contributed by atoms with E-state index >= 15 is 0 Å². The zero-order chi connectivity index (χ0) is 20.0. The minimum atomic E-state index is -0.822. The van der Waals surface area contributed by atoms with Crippen molar-refractivity contribution in [2.45, 2.75) is 106 Å². The van der Waals surface area contributed by atoms with Gasteiger partial charge in [0.05, 0.1) is 6.61 Å². The first-order valence-corrected chi connectivity index (χ1v) is 11.3. The van der Waals surface area contributed by atoms with Crippen LogP contribution < -0.4 is 0 Å². The largest absolute Gasteiger partial charge is 0.326 e. The molecule has 3 nitrogen and oxygen atoms in total. The molecular formula is C22H41N2OP. The van der Waals surface area contributed by atoms with Crippen molar-refractivity contribution in [3.8, 4) is 0 Å². The van der Waals surface area contributed by atoms with Crippen LogP contribution in [-0.2, 0) is 11.1 Å². The minimum absolute atomic E-state index is 0.449. The average molecular weight is 381 g/mol. The van der Waals surface area contributed by atoms with Crippen LogP contribution >= 0.6 is 8.45 Å². The van der Waals surface area contributed by atoms with E-state index in [1.165, 1.54) is 11.1 Å². The Morgan fingerprint density at radius 3 is 1.38 bits per heavy atom. The zero-order valence-corrected chi connectivity index (χ0v) is 19.5. The molecule has 150 valence electrons. The molecule has 1 aromatic rings. The summed E-state index contributed by atoms with van der Waals surface area (Å²) in [4.78, 5) is 0. The van der Waals surface area contributed by atoms with Crippen LogP contribution in [0.5, 0.6) is 0 Å². The molecule has 0 saturated heterocycles. The Kier molecular flexibility index (Phi) is 9.75. The predicted octanol–water partition coefficient (Wildman–Crippen LogP) is 6.79. The molecule has 0 aliphatic rings. The van der Waals surface area contributed by atoms with E-state index in [-0.39, 0.29) is 0 Å². The number of hydrogen-bond acceptors (Lipinski definition) is 3. The van der Waals surface area contributed by atoms with Crippen molar-refractivity contribution in [2.75, 3.05) is 0 Å². The van der Waals surface area contributed by atoms with E-state index < -0.39 is 8.45 Å². The number of rotatable bonds is 10. The Morgan fingerprint density at radius 1 is 0.692 bits per heavy atom. The van der Waals surface area contributed by atoms with Crippen LogP contribution in [0.2, 0.25) is 0 Å². The molecule has 0 fully saturated rings. The topological polar surface area (TPSA) is 15.7 Å². The normalized spacial score (nSPS) is 13.0. The Bertz CT molecular complexity index is 475. The van der Waals surface area contributed by atoms with Gasteiger partial charge in [-0.25, -0.2) is 9.34 Å². The second kappa shape index (κ2) is 10.8. The van der Waals surface area contributed by atoms with Gasteiger partial charge in [0.25, 0.3) is 0 Å². The van der Waals surface area contributed by atoms with Gasteiger partial charge in [-0.15, -0.1) is 0 Å². The Labute approximate surface area is 164 Å². The summed E-state index contributed by atoms with van der Waals surface area (Å²) in [6.07, 6.45) is 0.